The van der Waals surface area contributed by atoms with Crippen LogP contribution >= 0.6 is 0 Å². The summed E-state index contributed by atoms with van der Waals surface area (Å²) in [6.07, 6.45) is 4.13. The van der Waals surface area contributed by atoms with Crippen molar-refractivity contribution in [3.63, 3.8) is 0 Å². The highest BCUT2D eigenvalue weighted by atomic mass is 16.5. The van der Waals surface area contributed by atoms with Crippen LogP contribution < -0.4 is 5.32 Å². The molecule has 2 aromatic rings. The monoisotopic (exact) mass is 385 g/mol. The maximum absolute atomic E-state index is 12.8. The van der Waals surface area contributed by atoms with E-state index in [1.807, 2.05) is 30.1 Å². The summed E-state index contributed by atoms with van der Waals surface area (Å²) in [6, 6.07) is 8.52. The molecule has 2 aliphatic rings. The summed E-state index contributed by atoms with van der Waals surface area (Å²) < 4.78 is 7.56. The van der Waals surface area contributed by atoms with Gasteiger partial charge in [0, 0.05) is 52.2 Å². The predicted octanol–water partition coefficient (Wildman–Crippen LogP) is 2.01. The van der Waals surface area contributed by atoms with Crippen LogP contribution in [0.3, 0.4) is 0 Å². The number of likely N-dealkylation sites (tertiary alicyclic amines) is 1. The Labute approximate surface area is 166 Å². The van der Waals surface area contributed by atoms with Gasteiger partial charge in [0.15, 0.2) is 0 Å². The van der Waals surface area contributed by atoms with Crippen molar-refractivity contribution in [3.05, 3.63) is 30.1 Å². The summed E-state index contributed by atoms with van der Waals surface area (Å²) in [5.41, 5.74) is 2.14. The fourth-order valence-electron chi connectivity index (χ4n) is 4.34. The van der Waals surface area contributed by atoms with Crippen LogP contribution in [0.1, 0.15) is 25.1 Å². The van der Waals surface area contributed by atoms with Crippen LogP contribution in [0.15, 0.2) is 24.3 Å². The zero-order valence-corrected chi connectivity index (χ0v) is 16.8. The normalized spacial score (nSPS) is 21.2. The Kier molecular flexibility index (Phi) is 6.12. The number of benzene rings is 1. The Morgan fingerprint density at radius 1 is 1.21 bits per heavy atom. The SMILES string of the molecule is Cn1c(CCNC(=O)N2CCCCC2CN2CCOCC2)nc2ccccc21. The van der Waals surface area contributed by atoms with Crippen molar-refractivity contribution in [1.82, 2.24) is 24.7 Å². The minimum absolute atomic E-state index is 0.0664. The molecule has 4 rings (SSSR count). The minimum atomic E-state index is 0.0664. The van der Waals surface area contributed by atoms with Gasteiger partial charge < -0.3 is 19.5 Å². The molecular formula is C21H31N5O2. The first kappa shape index (κ1) is 19.2. The summed E-state index contributed by atoms with van der Waals surface area (Å²) in [5, 5.41) is 3.13. The number of amides is 2. The number of fused-ring (bicyclic) bond motifs is 1. The fourth-order valence-corrected chi connectivity index (χ4v) is 4.34. The van der Waals surface area contributed by atoms with E-state index >= 15 is 0 Å². The van der Waals surface area contributed by atoms with E-state index in [1.165, 1.54) is 6.42 Å². The molecule has 2 saturated heterocycles. The van der Waals surface area contributed by atoms with Gasteiger partial charge in [-0.3, -0.25) is 4.90 Å². The van der Waals surface area contributed by atoms with Crippen molar-refractivity contribution in [2.45, 2.75) is 31.7 Å². The molecule has 1 unspecified atom stereocenters. The molecule has 2 fully saturated rings. The largest absolute Gasteiger partial charge is 0.379 e. The number of ether oxygens (including phenoxy) is 1. The van der Waals surface area contributed by atoms with E-state index in [0.717, 1.165) is 75.5 Å². The lowest BCUT2D eigenvalue weighted by Crippen LogP contribution is -2.54. The van der Waals surface area contributed by atoms with Gasteiger partial charge in [-0.1, -0.05) is 12.1 Å². The molecular weight excluding hydrogens is 354 g/mol. The number of carbonyl (C=O) groups is 1. The van der Waals surface area contributed by atoms with Gasteiger partial charge in [0.05, 0.1) is 24.2 Å². The number of carbonyl (C=O) groups excluding carboxylic acids is 1. The third kappa shape index (κ3) is 4.31. The van der Waals surface area contributed by atoms with Gasteiger partial charge in [-0.25, -0.2) is 9.78 Å². The van der Waals surface area contributed by atoms with E-state index < -0.39 is 0 Å². The zero-order valence-electron chi connectivity index (χ0n) is 16.8. The molecule has 7 nitrogen and oxygen atoms in total. The number of nitrogens with zero attached hydrogens (tertiary/aromatic N) is 4. The van der Waals surface area contributed by atoms with Crippen LogP contribution in [-0.4, -0.2) is 77.4 Å². The number of urea groups is 1. The standard InChI is InChI=1S/C21H31N5O2/c1-24-19-8-3-2-7-18(19)23-20(24)9-10-22-21(27)26-11-5-4-6-17(26)16-25-12-14-28-15-13-25/h2-3,7-8,17H,4-6,9-16H2,1H3,(H,22,27). The van der Waals surface area contributed by atoms with Crippen molar-refractivity contribution >= 4 is 17.1 Å². The topological polar surface area (TPSA) is 62.6 Å². The number of morpholine rings is 1. The second-order valence-electron chi connectivity index (χ2n) is 7.81. The van der Waals surface area contributed by atoms with Gasteiger partial charge in [0.1, 0.15) is 5.82 Å². The Morgan fingerprint density at radius 2 is 2.04 bits per heavy atom. The third-order valence-corrected chi connectivity index (χ3v) is 5.97. The molecule has 1 aromatic heterocycles. The Bertz CT molecular complexity index is 799. The van der Waals surface area contributed by atoms with Crippen molar-refractivity contribution in [1.29, 1.82) is 0 Å². The van der Waals surface area contributed by atoms with Gasteiger partial charge >= 0.3 is 6.03 Å². The van der Waals surface area contributed by atoms with E-state index in [4.69, 9.17) is 9.72 Å². The lowest BCUT2D eigenvalue weighted by atomic mass is 10.0. The quantitative estimate of drug-likeness (QED) is 0.855. The number of hydrogen-bond donors (Lipinski definition) is 1. The molecule has 1 N–H and O–H groups in total. The van der Waals surface area contributed by atoms with E-state index in [1.54, 1.807) is 0 Å². The molecule has 2 amide bonds. The molecule has 0 saturated carbocycles. The van der Waals surface area contributed by atoms with Crippen LogP contribution in [0.25, 0.3) is 11.0 Å². The van der Waals surface area contributed by atoms with Crippen LogP contribution in [-0.2, 0) is 18.2 Å². The number of imidazole rings is 1. The smallest absolute Gasteiger partial charge is 0.317 e. The molecule has 28 heavy (non-hydrogen) atoms. The summed E-state index contributed by atoms with van der Waals surface area (Å²) in [6.45, 7) is 5.97. The number of para-hydroxylation sites is 2. The maximum Gasteiger partial charge on any atom is 0.317 e. The van der Waals surface area contributed by atoms with Gasteiger partial charge in [-0.05, 0) is 31.4 Å². The number of nitrogens with one attached hydrogen (secondary N) is 1. The van der Waals surface area contributed by atoms with Crippen molar-refractivity contribution in [2.75, 3.05) is 45.9 Å². The third-order valence-electron chi connectivity index (χ3n) is 5.97. The van der Waals surface area contributed by atoms with E-state index in [0.29, 0.717) is 12.6 Å². The average Bonchev–Trinajstić information content (AvgIpc) is 3.05. The summed E-state index contributed by atoms with van der Waals surface area (Å²) >= 11 is 0. The van der Waals surface area contributed by atoms with Gasteiger partial charge in [0.25, 0.3) is 0 Å². The highest BCUT2D eigenvalue weighted by Crippen LogP contribution is 2.19. The second-order valence-corrected chi connectivity index (χ2v) is 7.81. The summed E-state index contributed by atoms with van der Waals surface area (Å²) in [4.78, 5) is 22.0. The van der Waals surface area contributed by atoms with E-state index in [2.05, 4.69) is 20.9 Å². The maximum atomic E-state index is 12.8. The average molecular weight is 386 g/mol. The van der Waals surface area contributed by atoms with Crippen molar-refractivity contribution in [2.24, 2.45) is 7.05 Å². The molecule has 2 aliphatic heterocycles. The highest BCUT2D eigenvalue weighted by molar-refractivity contribution is 5.76. The lowest BCUT2D eigenvalue weighted by Gasteiger charge is -2.39. The van der Waals surface area contributed by atoms with Gasteiger partial charge in [-0.2, -0.15) is 0 Å². The molecule has 152 valence electrons. The summed E-state index contributed by atoms with van der Waals surface area (Å²) in [5.74, 6) is 1.00. The molecule has 0 bridgehead atoms. The fraction of sp³-hybridized carbons (Fsp3) is 0.619. The number of rotatable bonds is 5. The Balaban J connectivity index is 1.31. The van der Waals surface area contributed by atoms with E-state index in [9.17, 15) is 4.79 Å². The first-order valence-corrected chi connectivity index (χ1v) is 10.5. The molecule has 1 atom stereocenters. The Hall–Kier alpha value is -2.12. The van der Waals surface area contributed by atoms with Crippen molar-refractivity contribution in [3.8, 4) is 0 Å². The predicted molar refractivity (Wildman–Crippen MR) is 109 cm³/mol. The lowest BCUT2D eigenvalue weighted by molar-refractivity contribution is 0.0221. The second kappa shape index (κ2) is 8.92. The number of piperidine rings is 1. The zero-order chi connectivity index (χ0) is 19.3. The molecule has 3 heterocycles. The first-order chi connectivity index (χ1) is 13.7. The number of aryl methyl sites for hydroxylation is 1. The molecule has 1 aromatic carbocycles. The van der Waals surface area contributed by atoms with Gasteiger partial charge in [-0.15, -0.1) is 0 Å². The number of hydrogen-bond acceptors (Lipinski definition) is 4. The molecule has 0 radical (unpaired) electrons. The van der Waals surface area contributed by atoms with Crippen LogP contribution in [0.4, 0.5) is 4.79 Å². The Morgan fingerprint density at radius 3 is 2.86 bits per heavy atom. The summed E-state index contributed by atoms with van der Waals surface area (Å²) in [7, 11) is 2.04. The molecule has 0 aliphatic carbocycles. The van der Waals surface area contributed by atoms with Crippen LogP contribution in [0.5, 0.6) is 0 Å². The van der Waals surface area contributed by atoms with Crippen LogP contribution in [0.2, 0.25) is 0 Å². The number of aromatic nitrogens is 2. The van der Waals surface area contributed by atoms with Crippen LogP contribution in [0, 0.1) is 0 Å². The highest BCUT2D eigenvalue weighted by Gasteiger charge is 2.28. The minimum Gasteiger partial charge on any atom is -0.379 e. The van der Waals surface area contributed by atoms with Crippen molar-refractivity contribution < 1.29 is 9.53 Å². The molecule has 7 heteroatoms. The molecule has 0 spiro atoms. The van der Waals surface area contributed by atoms with E-state index in [-0.39, 0.29) is 6.03 Å². The first-order valence-electron chi connectivity index (χ1n) is 10.5. The van der Waals surface area contributed by atoms with Gasteiger partial charge in [0.2, 0.25) is 0 Å².